The Hall–Kier alpha value is -2.63. The van der Waals surface area contributed by atoms with Crippen molar-refractivity contribution in [3.05, 3.63) is 83.4 Å². The molecule has 0 saturated carbocycles. The van der Waals surface area contributed by atoms with Crippen molar-refractivity contribution in [1.82, 2.24) is 14.5 Å². The van der Waals surface area contributed by atoms with Crippen LogP contribution in [0.2, 0.25) is 0 Å². The van der Waals surface area contributed by atoms with Crippen molar-refractivity contribution in [2.45, 2.75) is 19.6 Å². The lowest BCUT2D eigenvalue weighted by atomic mass is 10.0. The van der Waals surface area contributed by atoms with Gasteiger partial charge in [-0.25, -0.2) is 4.98 Å². The number of aromatic nitrogens is 2. The van der Waals surface area contributed by atoms with E-state index in [0.29, 0.717) is 5.82 Å². The van der Waals surface area contributed by atoms with Crippen LogP contribution in [-0.4, -0.2) is 45.7 Å². The number of nitrogens with zero attached hydrogens (tertiary/aromatic N) is 4. The van der Waals surface area contributed by atoms with Gasteiger partial charge in [0.2, 0.25) is 0 Å². The number of imidazole rings is 1. The van der Waals surface area contributed by atoms with Crippen molar-refractivity contribution in [1.29, 1.82) is 0 Å². The summed E-state index contributed by atoms with van der Waals surface area (Å²) in [6.07, 6.45) is 2.87. The van der Waals surface area contributed by atoms with E-state index < -0.39 is 6.10 Å². The molecule has 1 saturated heterocycles. The molecule has 5 heteroatoms. The highest BCUT2D eigenvalue weighted by Crippen LogP contribution is 2.30. The Bertz CT molecular complexity index is 910. The van der Waals surface area contributed by atoms with Gasteiger partial charge in [-0.05, 0) is 18.6 Å². The molecule has 1 unspecified atom stereocenters. The highest BCUT2D eigenvalue weighted by molar-refractivity contribution is 5.56. The molecule has 0 amide bonds. The summed E-state index contributed by atoms with van der Waals surface area (Å²) in [6, 6.07) is 17.0. The zero-order valence-corrected chi connectivity index (χ0v) is 16.6. The van der Waals surface area contributed by atoms with Crippen molar-refractivity contribution >= 4 is 5.69 Å². The maximum absolute atomic E-state index is 10.9. The minimum Gasteiger partial charge on any atom is -0.380 e. The number of para-hydroxylation sites is 1. The Labute approximate surface area is 166 Å². The smallest absolute Gasteiger partial charge is 0.142 e. The van der Waals surface area contributed by atoms with Gasteiger partial charge in [-0.15, -0.1) is 0 Å². The van der Waals surface area contributed by atoms with E-state index in [-0.39, 0.29) is 0 Å². The van der Waals surface area contributed by atoms with Gasteiger partial charge in [0, 0.05) is 63.4 Å². The molecule has 1 aliphatic rings. The number of aliphatic hydroxyl groups is 1. The first-order chi connectivity index (χ1) is 13.6. The molecule has 1 atom stereocenters. The minimum atomic E-state index is -0.721. The lowest BCUT2D eigenvalue weighted by Gasteiger charge is -2.37. The third-order valence-corrected chi connectivity index (χ3v) is 5.57. The Morgan fingerprint density at radius 3 is 2.39 bits per heavy atom. The molecule has 1 fully saturated rings. The summed E-state index contributed by atoms with van der Waals surface area (Å²) in [5.74, 6) is 0.672. The van der Waals surface area contributed by atoms with Crippen LogP contribution in [0.5, 0.6) is 0 Å². The van der Waals surface area contributed by atoms with Gasteiger partial charge in [-0.2, -0.15) is 0 Å². The van der Waals surface area contributed by atoms with E-state index in [2.05, 4.69) is 52.0 Å². The van der Waals surface area contributed by atoms with Gasteiger partial charge in [-0.3, -0.25) is 4.90 Å². The topological polar surface area (TPSA) is 44.5 Å². The van der Waals surface area contributed by atoms with Gasteiger partial charge in [0.15, 0.2) is 0 Å². The fourth-order valence-electron chi connectivity index (χ4n) is 3.89. The summed E-state index contributed by atoms with van der Waals surface area (Å²) in [6.45, 7) is 7.05. The summed E-state index contributed by atoms with van der Waals surface area (Å²) in [5, 5.41) is 10.9. The zero-order chi connectivity index (χ0) is 19.5. The number of aliphatic hydroxyl groups excluding tert-OH is 1. The van der Waals surface area contributed by atoms with Gasteiger partial charge in [0.1, 0.15) is 11.9 Å². The molecule has 146 valence electrons. The number of piperazine rings is 1. The molecule has 2 heterocycles. The largest absolute Gasteiger partial charge is 0.380 e. The van der Waals surface area contributed by atoms with Crippen molar-refractivity contribution in [2.24, 2.45) is 7.05 Å². The number of hydrogen-bond acceptors (Lipinski definition) is 4. The molecule has 4 rings (SSSR count). The number of anilines is 1. The van der Waals surface area contributed by atoms with E-state index in [9.17, 15) is 5.11 Å². The van der Waals surface area contributed by atoms with Crippen LogP contribution in [0.3, 0.4) is 0 Å². The average molecular weight is 377 g/mol. The average Bonchev–Trinajstić information content (AvgIpc) is 3.16. The predicted octanol–water partition coefficient (Wildman–Crippen LogP) is 3.13. The van der Waals surface area contributed by atoms with Crippen LogP contribution in [-0.2, 0) is 13.6 Å². The molecule has 1 N–H and O–H groups in total. The number of hydrogen-bond donors (Lipinski definition) is 1. The van der Waals surface area contributed by atoms with E-state index in [1.807, 2.05) is 36.0 Å². The van der Waals surface area contributed by atoms with Crippen LogP contribution < -0.4 is 4.90 Å². The minimum absolute atomic E-state index is 0.672. The second kappa shape index (κ2) is 8.17. The maximum atomic E-state index is 10.9. The standard InChI is InChI=1S/C23H28N4O/c1-18-7-9-19(10-8-18)17-26-13-15-27(16-14-26)21-6-4-3-5-20(21)22(28)23-24-11-12-25(23)2/h3-12,22,28H,13-17H2,1-2H3. The van der Waals surface area contributed by atoms with Gasteiger partial charge in [0.05, 0.1) is 0 Å². The summed E-state index contributed by atoms with van der Waals surface area (Å²) < 4.78 is 1.88. The molecule has 3 aromatic rings. The molecule has 0 radical (unpaired) electrons. The van der Waals surface area contributed by atoms with Crippen LogP contribution in [0, 0.1) is 6.92 Å². The Balaban J connectivity index is 1.45. The summed E-state index contributed by atoms with van der Waals surface area (Å²) in [7, 11) is 1.91. The monoisotopic (exact) mass is 376 g/mol. The van der Waals surface area contributed by atoms with Gasteiger partial charge in [-0.1, -0.05) is 48.0 Å². The summed E-state index contributed by atoms with van der Waals surface area (Å²) in [4.78, 5) is 9.21. The molecule has 2 aromatic carbocycles. The van der Waals surface area contributed by atoms with Crippen LogP contribution in [0.25, 0.3) is 0 Å². The number of aryl methyl sites for hydroxylation is 2. The van der Waals surface area contributed by atoms with Gasteiger partial charge in [0.25, 0.3) is 0 Å². The lowest BCUT2D eigenvalue weighted by molar-refractivity contribution is 0.205. The van der Waals surface area contributed by atoms with Crippen molar-refractivity contribution < 1.29 is 5.11 Å². The van der Waals surface area contributed by atoms with Gasteiger partial charge < -0.3 is 14.6 Å². The summed E-state index contributed by atoms with van der Waals surface area (Å²) >= 11 is 0. The van der Waals surface area contributed by atoms with E-state index in [1.165, 1.54) is 11.1 Å². The van der Waals surface area contributed by atoms with Crippen LogP contribution in [0.15, 0.2) is 60.9 Å². The first-order valence-electron chi connectivity index (χ1n) is 9.89. The third kappa shape index (κ3) is 3.96. The molecule has 0 bridgehead atoms. The fraction of sp³-hybridized carbons (Fsp3) is 0.348. The van der Waals surface area contributed by atoms with E-state index in [0.717, 1.165) is 44.0 Å². The molecular formula is C23H28N4O. The molecule has 1 aromatic heterocycles. The first kappa shape index (κ1) is 18.7. The van der Waals surface area contributed by atoms with Crippen molar-refractivity contribution in [2.75, 3.05) is 31.1 Å². The molecule has 0 spiro atoms. The maximum Gasteiger partial charge on any atom is 0.142 e. The molecule has 28 heavy (non-hydrogen) atoms. The predicted molar refractivity (Wildman–Crippen MR) is 112 cm³/mol. The highest BCUT2D eigenvalue weighted by Gasteiger charge is 2.23. The zero-order valence-electron chi connectivity index (χ0n) is 16.6. The van der Waals surface area contributed by atoms with Crippen LogP contribution in [0.1, 0.15) is 28.6 Å². The van der Waals surface area contributed by atoms with E-state index in [1.54, 1.807) is 6.20 Å². The normalized spacial score (nSPS) is 16.3. The van der Waals surface area contributed by atoms with Crippen molar-refractivity contribution in [3.63, 3.8) is 0 Å². The molecule has 1 aliphatic heterocycles. The highest BCUT2D eigenvalue weighted by atomic mass is 16.3. The first-order valence-corrected chi connectivity index (χ1v) is 9.89. The Morgan fingerprint density at radius 1 is 1.00 bits per heavy atom. The van der Waals surface area contributed by atoms with E-state index >= 15 is 0 Å². The SMILES string of the molecule is Cc1ccc(CN2CCN(c3ccccc3C(O)c3nccn3C)CC2)cc1. The Kier molecular flexibility index (Phi) is 5.46. The van der Waals surface area contributed by atoms with Crippen molar-refractivity contribution in [3.8, 4) is 0 Å². The second-order valence-corrected chi connectivity index (χ2v) is 7.61. The Morgan fingerprint density at radius 2 is 1.71 bits per heavy atom. The van der Waals surface area contributed by atoms with Crippen LogP contribution in [0.4, 0.5) is 5.69 Å². The molecular weight excluding hydrogens is 348 g/mol. The van der Waals surface area contributed by atoms with Crippen LogP contribution >= 0.6 is 0 Å². The quantitative estimate of drug-likeness (QED) is 0.743. The fourth-order valence-corrected chi connectivity index (χ4v) is 3.89. The second-order valence-electron chi connectivity index (χ2n) is 7.61. The third-order valence-electron chi connectivity index (χ3n) is 5.57. The van der Waals surface area contributed by atoms with Gasteiger partial charge >= 0.3 is 0 Å². The summed E-state index contributed by atoms with van der Waals surface area (Å²) in [5.41, 5.74) is 4.69. The van der Waals surface area contributed by atoms with E-state index in [4.69, 9.17) is 0 Å². The number of rotatable bonds is 5. The number of benzene rings is 2. The molecule has 5 nitrogen and oxygen atoms in total. The lowest BCUT2D eigenvalue weighted by Crippen LogP contribution is -2.46. The molecule has 0 aliphatic carbocycles.